The zero-order valence-corrected chi connectivity index (χ0v) is 15.6. The van der Waals surface area contributed by atoms with Crippen molar-refractivity contribution in [3.05, 3.63) is 52.8 Å². The molecule has 6 nitrogen and oxygen atoms in total. The molecule has 1 aromatic carbocycles. The number of aliphatic hydroxyl groups is 1. The van der Waals surface area contributed by atoms with Gasteiger partial charge in [-0.15, -0.1) is 11.8 Å². The number of hydrogen-bond donors (Lipinski definition) is 2. The van der Waals surface area contributed by atoms with E-state index < -0.39 is 0 Å². The Labute approximate surface area is 156 Å². The molecule has 2 heterocycles. The van der Waals surface area contributed by atoms with Crippen LogP contribution < -0.4 is 4.74 Å². The summed E-state index contributed by atoms with van der Waals surface area (Å²) >= 11 is 1.67. The van der Waals surface area contributed by atoms with Crippen molar-refractivity contribution in [2.75, 3.05) is 12.9 Å². The molecule has 0 spiro atoms. The molecule has 7 heteroatoms. The fraction of sp³-hybridized carbons (Fsp3) is 0.368. The van der Waals surface area contributed by atoms with E-state index in [0.29, 0.717) is 23.2 Å². The predicted molar refractivity (Wildman–Crippen MR) is 99.9 cm³/mol. The number of aromatic hydroxyl groups is 1. The maximum atomic E-state index is 12.7. The van der Waals surface area contributed by atoms with Crippen molar-refractivity contribution in [2.45, 2.75) is 31.9 Å². The number of nitrogens with zero attached hydrogens (tertiary/aromatic N) is 2. The third-order valence-corrected chi connectivity index (χ3v) is 5.79. The van der Waals surface area contributed by atoms with E-state index in [-0.39, 0.29) is 30.2 Å². The predicted octanol–water partition coefficient (Wildman–Crippen LogP) is 2.76. The molecule has 1 amide bonds. The Morgan fingerprint density at radius 2 is 2.15 bits per heavy atom. The van der Waals surface area contributed by atoms with Gasteiger partial charge < -0.3 is 19.8 Å². The van der Waals surface area contributed by atoms with Crippen LogP contribution in [-0.2, 0) is 17.9 Å². The normalized spacial score (nSPS) is 17.4. The second kappa shape index (κ2) is 7.97. The van der Waals surface area contributed by atoms with Crippen molar-refractivity contribution in [3.63, 3.8) is 0 Å². The van der Waals surface area contributed by atoms with Crippen molar-refractivity contribution in [1.82, 2.24) is 9.88 Å². The first-order valence-electron chi connectivity index (χ1n) is 8.38. The monoisotopic (exact) mass is 374 g/mol. The van der Waals surface area contributed by atoms with Crippen LogP contribution >= 0.6 is 11.8 Å². The number of carbonyl (C=O) groups is 1. The van der Waals surface area contributed by atoms with Gasteiger partial charge in [0.2, 0.25) is 5.91 Å². The smallest absolute Gasteiger partial charge is 0.224 e. The number of carbonyl (C=O) groups excluding carboxylic acids is 1. The molecule has 3 rings (SSSR count). The van der Waals surface area contributed by atoms with E-state index in [9.17, 15) is 15.0 Å². The van der Waals surface area contributed by atoms with Crippen molar-refractivity contribution in [2.24, 2.45) is 0 Å². The van der Waals surface area contributed by atoms with Crippen LogP contribution in [0.4, 0.5) is 0 Å². The number of ether oxygens (including phenoxy) is 1. The minimum atomic E-state index is -0.245. The number of benzene rings is 1. The van der Waals surface area contributed by atoms with E-state index in [1.54, 1.807) is 36.9 Å². The number of aryl methyl sites for hydroxylation is 1. The third-order valence-electron chi connectivity index (χ3n) is 4.53. The zero-order chi connectivity index (χ0) is 18.7. The summed E-state index contributed by atoms with van der Waals surface area (Å²) in [4.78, 5) is 18.5. The number of aromatic nitrogens is 1. The van der Waals surface area contributed by atoms with E-state index in [1.807, 2.05) is 24.3 Å². The highest BCUT2D eigenvalue weighted by Gasteiger charge is 2.32. The third kappa shape index (κ3) is 3.50. The first kappa shape index (κ1) is 18.5. The number of methoxy groups -OCH3 is 1. The molecule has 0 aliphatic carbocycles. The second-order valence-electron chi connectivity index (χ2n) is 6.09. The summed E-state index contributed by atoms with van der Waals surface area (Å²) in [5.41, 5.74) is 2.46. The van der Waals surface area contributed by atoms with Crippen LogP contribution in [0.5, 0.6) is 11.5 Å². The van der Waals surface area contributed by atoms with Crippen molar-refractivity contribution in [1.29, 1.82) is 0 Å². The lowest BCUT2D eigenvalue weighted by Gasteiger charge is -2.36. The number of hydrogen-bond acceptors (Lipinski definition) is 6. The summed E-state index contributed by atoms with van der Waals surface area (Å²) in [7, 11) is 1.61. The van der Waals surface area contributed by atoms with Gasteiger partial charge in [-0.3, -0.25) is 9.78 Å². The zero-order valence-electron chi connectivity index (χ0n) is 14.8. The van der Waals surface area contributed by atoms with E-state index >= 15 is 0 Å². The molecule has 2 N–H and O–H groups in total. The van der Waals surface area contributed by atoms with Crippen molar-refractivity contribution in [3.8, 4) is 11.5 Å². The number of rotatable bonds is 5. The Balaban J connectivity index is 2.01. The van der Waals surface area contributed by atoms with Gasteiger partial charge in [0.1, 0.15) is 16.9 Å². The largest absolute Gasteiger partial charge is 0.506 e. The lowest BCUT2D eigenvalue weighted by Crippen LogP contribution is -2.37. The average molecular weight is 374 g/mol. The molecule has 1 fully saturated rings. The summed E-state index contributed by atoms with van der Waals surface area (Å²) in [6.07, 6.45) is 1.99. The molecule has 26 heavy (non-hydrogen) atoms. The Kier molecular flexibility index (Phi) is 5.68. The Morgan fingerprint density at radius 1 is 1.38 bits per heavy atom. The fourth-order valence-corrected chi connectivity index (χ4v) is 4.35. The van der Waals surface area contributed by atoms with Gasteiger partial charge in [-0.1, -0.05) is 18.2 Å². The number of para-hydroxylation sites is 1. The van der Waals surface area contributed by atoms with E-state index in [4.69, 9.17) is 4.74 Å². The van der Waals surface area contributed by atoms with Crippen LogP contribution in [0.1, 0.15) is 34.2 Å². The van der Waals surface area contributed by atoms with Crippen molar-refractivity contribution < 1.29 is 19.7 Å². The summed E-state index contributed by atoms with van der Waals surface area (Å²) in [5, 5.41) is 19.8. The van der Waals surface area contributed by atoms with Gasteiger partial charge in [-0.25, -0.2) is 0 Å². The van der Waals surface area contributed by atoms with Crippen molar-refractivity contribution >= 4 is 17.7 Å². The Morgan fingerprint density at radius 3 is 2.88 bits per heavy atom. The molecule has 1 aliphatic rings. The maximum absolute atomic E-state index is 12.7. The quantitative estimate of drug-likeness (QED) is 0.837. The number of thioether (sulfide) groups is 1. The summed E-state index contributed by atoms with van der Waals surface area (Å²) < 4.78 is 5.47. The summed E-state index contributed by atoms with van der Waals surface area (Å²) in [5.74, 6) is 1.49. The number of amides is 1. The lowest BCUT2D eigenvalue weighted by molar-refractivity contribution is -0.132. The molecule has 0 saturated carbocycles. The molecule has 0 bridgehead atoms. The van der Waals surface area contributed by atoms with Crippen LogP contribution in [0.15, 0.2) is 30.5 Å². The maximum Gasteiger partial charge on any atom is 0.224 e. The van der Waals surface area contributed by atoms with E-state index in [2.05, 4.69) is 4.98 Å². The minimum absolute atomic E-state index is 0.0115. The Bertz CT molecular complexity index is 812. The first-order valence-corrected chi connectivity index (χ1v) is 9.42. The Hall–Kier alpha value is -2.25. The lowest BCUT2D eigenvalue weighted by atomic mass is 10.1. The first-order chi connectivity index (χ1) is 12.6. The van der Waals surface area contributed by atoms with Gasteiger partial charge in [0, 0.05) is 35.1 Å². The topological polar surface area (TPSA) is 82.9 Å². The van der Waals surface area contributed by atoms with Gasteiger partial charge in [0.25, 0.3) is 0 Å². The molecule has 1 aliphatic heterocycles. The van der Waals surface area contributed by atoms with Gasteiger partial charge in [-0.2, -0.15) is 0 Å². The number of aliphatic hydroxyl groups excluding tert-OH is 1. The molecule has 0 radical (unpaired) electrons. The van der Waals surface area contributed by atoms with E-state index in [0.717, 1.165) is 17.1 Å². The van der Waals surface area contributed by atoms with Crippen LogP contribution in [-0.4, -0.2) is 38.9 Å². The van der Waals surface area contributed by atoms with Gasteiger partial charge >= 0.3 is 0 Å². The molecule has 1 unspecified atom stereocenters. The second-order valence-corrected chi connectivity index (χ2v) is 7.28. The molecule has 1 aromatic heterocycles. The molecule has 1 atom stereocenters. The molecular weight excluding hydrogens is 352 g/mol. The molecule has 138 valence electrons. The van der Waals surface area contributed by atoms with Gasteiger partial charge in [0.05, 0.1) is 26.0 Å². The standard InChI is InChI=1S/C19H22N2O4S/c1-12-18(24)15(13(11-22)9-20-12)10-21-17(23)7-8-26-19(21)14-5-3-4-6-16(14)25-2/h3-6,9,19,22,24H,7-8,10-11H2,1-2H3. The van der Waals surface area contributed by atoms with Gasteiger partial charge in [0.15, 0.2) is 0 Å². The summed E-state index contributed by atoms with van der Waals surface area (Å²) in [6, 6.07) is 7.64. The molecule has 2 aromatic rings. The molecular formula is C19H22N2O4S. The highest BCUT2D eigenvalue weighted by Crippen LogP contribution is 2.42. The molecule has 1 saturated heterocycles. The van der Waals surface area contributed by atoms with Crippen LogP contribution in [0.3, 0.4) is 0 Å². The van der Waals surface area contributed by atoms with E-state index in [1.165, 1.54) is 0 Å². The van der Waals surface area contributed by atoms with Crippen LogP contribution in [0.25, 0.3) is 0 Å². The average Bonchev–Trinajstić information content (AvgIpc) is 2.67. The van der Waals surface area contributed by atoms with Gasteiger partial charge in [-0.05, 0) is 13.0 Å². The van der Waals surface area contributed by atoms with Crippen LogP contribution in [0, 0.1) is 6.92 Å². The number of pyridine rings is 1. The highest BCUT2D eigenvalue weighted by molar-refractivity contribution is 7.99. The highest BCUT2D eigenvalue weighted by atomic mass is 32.2. The van der Waals surface area contributed by atoms with Crippen LogP contribution in [0.2, 0.25) is 0 Å². The minimum Gasteiger partial charge on any atom is -0.506 e. The SMILES string of the molecule is COc1ccccc1C1SCCC(=O)N1Cc1c(CO)cnc(C)c1O. The summed E-state index contributed by atoms with van der Waals surface area (Å²) in [6.45, 7) is 1.66. The fourth-order valence-electron chi connectivity index (χ4n) is 3.09.